The lowest BCUT2D eigenvalue weighted by atomic mass is 10.1. The highest BCUT2D eigenvalue weighted by Crippen LogP contribution is 2.31. The predicted molar refractivity (Wildman–Crippen MR) is 88.2 cm³/mol. The fourth-order valence-electron chi connectivity index (χ4n) is 1.99. The predicted octanol–water partition coefficient (Wildman–Crippen LogP) is 3.92. The van der Waals surface area contributed by atoms with E-state index in [1.165, 1.54) is 10.5 Å². The van der Waals surface area contributed by atoms with E-state index in [1.807, 2.05) is 18.7 Å². The van der Waals surface area contributed by atoms with Gasteiger partial charge in [-0.15, -0.1) is 0 Å². The molecular weight excluding hydrogens is 334 g/mol. The Labute approximate surface area is 133 Å². The van der Waals surface area contributed by atoms with Crippen molar-refractivity contribution in [3.8, 4) is 0 Å². The Balaban J connectivity index is 2.14. The molecule has 0 spiro atoms. The Morgan fingerprint density at radius 1 is 1.40 bits per heavy atom. The first-order valence-electron chi connectivity index (χ1n) is 6.72. The molecule has 0 saturated carbocycles. The summed E-state index contributed by atoms with van der Waals surface area (Å²) in [5, 5.41) is 5.51. The topological polar surface area (TPSA) is 43.8 Å². The number of halogens is 1. The second-order valence-electron chi connectivity index (χ2n) is 4.98. The minimum absolute atomic E-state index is 0.226. The summed E-state index contributed by atoms with van der Waals surface area (Å²) in [6.07, 6.45) is 1.91. The normalized spacial score (nSPS) is 12.7. The van der Waals surface area contributed by atoms with Gasteiger partial charge < -0.3 is 5.73 Å². The van der Waals surface area contributed by atoms with Crippen LogP contribution < -0.4 is 5.73 Å². The Morgan fingerprint density at radius 3 is 2.70 bits per heavy atom. The van der Waals surface area contributed by atoms with Crippen LogP contribution in [0.25, 0.3) is 0 Å². The first-order chi connectivity index (χ1) is 9.49. The molecule has 0 aliphatic carbocycles. The van der Waals surface area contributed by atoms with Crippen LogP contribution in [0.4, 0.5) is 0 Å². The van der Waals surface area contributed by atoms with Crippen molar-refractivity contribution < 1.29 is 0 Å². The van der Waals surface area contributed by atoms with Gasteiger partial charge in [0.1, 0.15) is 0 Å². The number of aryl methyl sites for hydroxylation is 2. The van der Waals surface area contributed by atoms with Crippen LogP contribution in [0.3, 0.4) is 0 Å². The fourth-order valence-corrected chi connectivity index (χ4v) is 3.64. The highest BCUT2D eigenvalue weighted by molar-refractivity contribution is 9.10. The van der Waals surface area contributed by atoms with Gasteiger partial charge in [0.05, 0.1) is 10.7 Å². The quantitative estimate of drug-likeness (QED) is 0.885. The second kappa shape index (κ2) is 6.78. The summed E-state index contributed by atoms with van der Waals surface area (Å²) >= 11 is 5.37. The van der Waals surface area contributed by atoms with Crippen LogP contribution in [-0.4, -0.2) is 15.8 Å². The average Bonchev–Trinajstić information content (AvgIpc) is 2.71. The number of rotatable bonds is 5. The number of nitrogens with zero attached hydrogens (tertiary/aromatic N) is 2. The van der Waals surface area contributed by atoms with Crippen LogP contribution in [-0.2, 0) is 13.5 Å². The van der Waals surface area contributed by atoms with Gasteiger partial charge in [0.15, 0.2) is 0 Å². The van der Waals surface area contributed by atoms with Crippen LogP contribution in [0.15, 0.2) is 38.7 Å². The lowest BCUT2D eigenvalue weighted by molar-refractivity contribution is 0.645. The Morgan fingerprint density at radius 2 is 2.15 bits per heavy atom. The van der Waals surface area contributed by atoms with Gasteiger partial charge in [-0.2, -0.15) is 5.10 Å². The zero-order valence-electron chi connectivity index (χ0n) is 12.1. The van der Waals surface area contributed by atoms with E-state index >= 15 is 0 Å². The van der Waals surface area contributed by atoms with E-state index in [9.17, 15) is 0 Å². The van der Waals surface area contributed by atoms with Gasteiger partial charge in [-0.05, 0) is 43.5 Å². The van der Waals surface area contributed by atoms with E-state index in [2.05, 4.69) is 52.2 Å². The molecule has 108 valence electrons. The summed E-state index contributed by atoms with van der Waals surface area (Å²) in [4.78, 5) is 1.20. The van der Waals surface area contributed by atoms with Crippen molar-refractivity contribution >= 4 is 27.7 Å². The highest BCUT2D eigenvalue weighted by Gasteiger charge is 2.09. The molecule has 3 nitrogen and oxygen atoms in total. The molecule has 1 atom stereocenters. The molecule has 0 amide bonds. The minimum Gasteiger partial charge on any atom is -0.327 e. The maximum absolute atomic E-state index is 6.02. The highest BCUT2D eigenvalue weighted by atomic mass is 79.9. The van der Waals surface area contributed by atoms with Crippen molar-refractivity contribution in [3.05, 3.63) is 40.0 Å². The molecular formula is C15H20BrN3S. The van der Waals surface area contributed by atoms with E-state index in [1.54, 1.807) is 11.8 Å². The summed E-state index contributed by atoms with van der Waals surface area (Å²) in [6.45, 7) is 4.13. The minimum atomic E-state index is 0.226. The third-order valence-electron chi connectivity index (χ3n) is 3.21. The molecule has 20 heavy (non-hydrogen) atoms. The molecule has 1 aromatic carbocycles. The van der Waals surface area contributed by atoms with Crippen LogP contribution in [0.2, 0.25) is 0 Å². The molecule has 0 bridgehead atoms. The van der Waals surface area contributed by atoms with Crippen molar-refractivity contribution in [3.63, 3.8) is 0 Å². The van der Waals surface area contributed by atoms with Gasteiger partial charge in [0.2, 0.25) is 0 Å². The van der Waals surface area contributed by atoms with Crippen molar-refractivity contribution in [1.82, 2.24) is 9.78 Å². The van der Waals surface area contributed by atoms with E-state index in [-0.39, 0.29) is 6.04 Å². The van der Waals surface area contributed by atoms with Crippen LogP contribution in [0, 0.1) is 6.92 Å². The number of benzene rings is 1. The largest absolute Gasteiger partial charge is 0.327 e. The third-order valence-corrected chi connectivity index (χ3v) is 5.03. The summed E-state index contributed by atoms with van der Waals surface area (Å²) in [7, 11) is 1.97. The molecule has 0 fully saturated rings. The number of aromatic nitrogens is 2. The van der Waals surface area contributed by atoms with Gasteiger partial charge >= 0.3 is 0 Å². The summed E-state index contributed by atoms with van der Waals surface area (Å²) in [5.41, 5.74) is 8.33. The van der Waals surface area contributed by atoms with Crippen molar-refractivity contribution in [2.45, 2.75) is 42.7 Å². The van der Waals surface area contributed by atoms with Gasteiger partial charge in [-0.1, -0.05) is 40.7 Å². The molecule has 1 unspecified atom stereocenters. The zero-order chi connectivity index (χ0) is 14.7. The van der Waals surface area contributed by atoms with Gasteiger partial charge in [0.25, 0.3) is 0 Å². The smallest absolute Gasteiger partial charge is 0.0986 e. The molecule has 0 aliphatic rings. The third kappa shape index (κ3) is 3.87. The molecule has 2 aromatic rings. The van der Waals surface area contributed by atoms with E-state index in [4.69, 9.17) is 5.73 Å². The lowest BCUT2D eigenvalue weighted by Gasteiger charge is -2.11. The van der Waals surface area contributed by atoms with Crippen molar-refractivity contribution in [1.29, 1.82) is 0 Å². The molecule has 1 aromatic heterocycles. The van der Waals surface area contributed by atoms with Gasteiger partial charge in [0, 0.05) is 22.5 Å². The van der Waals surface area contributed by atoms with E-state index in [0.29, 0.717) is 0 Å². The molecule has 0 radical (unpaired) electrons. The zero-order valence-corrected chi connectivity index (χ0v) is 14.5. The molecule has 0 aliphatic heterocycles. The first kappa shape index (κ1) is 15.6. The second-order valence-corrected chi connectivity index (χ2v) is 6.92. The van der Waals surface area contributed by atoms with Crippen molar-refractivity contribution in [2.24, 2.45) is 12.8 Å². The average molecular weight is 354 g/mol. The molecule has 1 heterocycles. The molecule has 2 N–H and O–H groups in total. The Kier molecular flexibility index (Phi) is 5.29. The van der Waals surface area contributed by atoms with E-state index < -0.39 is 0 Å². The maximum atomic E-state index is 6.02. The van der Waals surface area contributed by atoms with Crippen LogP contribution in [0.5, 0.6) is 0 Å². The van der Waals surface area contributed by atoms with Gasteiger partial charge in [-0.3, -0.25) is 4.68 Å². The lowest BCUT2D eigenvalue weighted by Crippen LogP contribution is -2.21. The molecule has 5 heteroatoms. The monoisotopic (exact) mass is 353 g/mol. The van der Waals surface area contributed by atoms with E-state index in [0.717, 1.165) is 28.0 Å². The molecule has 2 rings (SSSR count). The SMILES string of the molecule is CCC(N)Cc1ccc(Sc2cc(C)nn2C)cc1Br. The van der Waals surface area contributed by atoms with Crippen molar-refractivity contribution in [2.75, 3.05) is 0 Å². The first-order valence-corrected chi connectivity index (χ1v) is 8.33. The number of nitrogens with two attached hydrogens (primary N) is 1. The Hall–Kier alpha value is -0.780. The summed E-state index contributed by atoms with van der Waals surface area (Å²) in [5.74, 6) is 0. The number of hydrogen-bond donors (Lipinski definition) is 1. The standard InChI is InChI=1S/C15H20BrN3S/c1-4-12(17)8-11-5-6-13(9-14(11)16)20-15-7-10(2)18-19(15)3/h5-7,9,12H,4,8,17H2,1-3H3. The summed E-state index contributed by atoms with van der Waals surface area (Å²) in [6, 6.07) is 8.79. The Bertz CT molecular complexity index is 595. The maximum Gasteiger partial charge on any atom is 0.0986 e. The summed E-state index contributed by atoms with van der Waals surface area (Å²) < 4.78 is 3.04. The molecule has 0 saturated heterocycles. The van der Waals surface area contributed by atoms with Crippen LogP contribution >= 0.6 is 27.7 Å². The number of hydrogen-bond acceptors (Lipinski definition) is 3. The van der Waals surface area contributed by atoms with Crippen LogP contribution in [0.1, 0.15) is 24.6 Å². The fraction of sp³-hybridized carbons (Fsp3) is 0.400. The van der Waals surface area contributed by atoms with Gasteiger partial charge in [-0.25, -0.2) is 0 Å².